The number of anilines is 1. The molecule has 17 heavy (non-hydrogen) atoms. The zero-order valence-corrected chi connectivity index (χ0v) is 10.00. The molecule has 1 fully saturated rings. The number of methoxy groups -OCH3 is 1. The molecule has 4 heteroatoms. The predicted octanol–water partition coefficient (Wildman–Crippen LogP) is 2.58. The van der Waals surface area contributed by atoms with E-state index in [4.69, 9.17) is 4.74 Å². The molecule has 0 atom stereocenters. The van der Waals surface area contributed by atoms with Gasteiger partial charge in [-0.25, -0.2) is 9.18 Å². The Bertz CT molecular complexity index is 427. The number of hydrogen-bond acceptors (Lipinski definition) is 3. The van der Waals surface area contributed by atoms with E-state index in [-0.39, 0.29) is 11.8 Å². The summed E-state index contributed by atoms with van der Waals surface area (Å²) < 4.78 is 18.3. The number of carbonyl (C=O) groups excluding carboxylic acids is 1. The Morgan fingerprint density at radius 1 is 1.47 bits per heavy atom. The van der Waals surface area contributed by atoms with Gasteiger partial charge in [0.2, 0.25) is 0 Å². The third-order valence-corrected chi connectivity index (χ3v) is 3.22. The van der Waals surface area contributed by atoms with Gasteiger partial charge in [0.25, 0.3) is 0 Å². The summed E-state index contributed by atoms with van der Waals surface area (Å²) in [5.74, 6) is -0.220. The molecule has 1 aromatic carbocycles. The first-order valence-electron chi connectivity index (χ1n) is 5.68. The van der Waals surface area contributed by atoms with Crippen molar-refractivity contribution < 1.29 is 13.9 Å². The van der Waals surface area contributed by atoms with Crippen LogP contribution in [0.4, 0.5) is 10.1 Å². The smallest absolute Gasteiger partial charge is 0.331 e. The van der Waals surface area contributed by atoms with Crippen molar-refractivity contribution in [3.63, 3.8) is 0 Å². The minimum Gasteiger partial charge on any atom is -0.467 e. The first-order chi connectivity index (χ1) is 8.07. The summed E-state index contributed by atoms with van der Waals surface area (Å²) in [5.41, 5.74) is -0.402. The second-order valence-corrected chi connectivity index (χ2v) is 4.69. The Morgan fingerprint density at radius 2 is 2.12 bits per heavy atom. The molecule has 1 N–H and O–H groups in total. The van der Waals surface area contributed by atoms with Gasteiger partial charge in [0.1, 0.15) is 11.4 Å². The van der Waals surface area contributed by atoms with Gasteiger partial charge in [0.15, 0.2) is 0 Å². The second kappa shape index (κ2) is 4.35. The van der Waals surface area contributed by atoms with Crippen LogP contribution in [0.2, 0.25) is 0 Å². The second-order valence-electron chi connectivity index (χ2n) is 4.69. The maximum absolute atomic E-state index is 13.5. The van der Waals surface area contributed by atoms with Crippen molar-refractivity contribution in [3.05, 3.63) is 30.1 Å². The molecule has 1 aliphatic carbocycles. The summed E-state index contributed by atoms with van der Waals surface area (Å²) >= 11 is 0. The highest BCUT2D eigenvalue weighted by atomic mass is 19.1. The molecule has 92 valence electrons. The molecule has 0 heterocycles. The van der Waals surface area contributed by atoms with Gasteiger partial charge >= 0.3 is 5.97 Å². The van der Waals surface area contributed by atoms with E-state index in [0.717, 1.165) is 0 Å². The molecule has 1 aliphatic rings. The Balaban J connectivity index is 2.20. The van der Waals surface area contributed by atoms with Gasteiger partial charge in [0, 0.05) is 0 Å². The summed E-state index contributed by atoms with van der Waals surface area (Å²) in [5, 5.41) is 2.99. The molecule has 0 bridgehead atoms. The van der Waals surface area contributed by atoms with E-state index in [9.17, 15) is 9.18 Å². The third kappa shape index (κ3) is 2.12. The Hall–Kier alpha value is -1.58. The number of esters is 1. The Kier molecular flexibility index (Phi) is 3.05. The van der Waals surface area contributed by atoms with Crippen LogP contribution >= 0.6 is 0 Å². The summed E-state index contributed by atoms with van der Waals surface area (Å²) in [4.78, 5) is 11.8. The van der Waals surface area contributed by atoms with Crippen LogP contribution in [0.3, 0.4) is 0 Å². The largest absolute Gasteiger partial charge is 0.467 e. The maximum atomic E-state index is 13.5. The molecule has 0 spiro atoms. The molecule has 2 rings (SSSR count). The fourth-order valence-corrected chi connectivity index (χ4v) is 2.47. The molecule has 0 unspecified atom stereocenters. The lowest BCUT2D eigenvalue weighted by atomic mass is 9.69. The fraction of sp³-hybridized carbons (Fsp3) is 0.462. The Labute approximate surface area is 100.0 Å². The number of benzene rings is 1. The minimum atomic E-state index is -0.754. The van der Waals surface area contributed by atoms with Crippen molar-refractivity contribution in [2.45, 2.75) is 25.3 Å². The lowest BCUT2D eigenvalue weighted by Crippen LogP contribution is -2.56. The lowest BCUT2D eigenvalue weighted by Gasteiger charge is -2.44. The monoisotopic (exact) mass is 237 g/mol. The number of rotatable bonds is 3. The summed E-state index contributed by atoms with van der Waals surface area (Å²) in [7, 11) is 1.36. The quantitative estimate of drug-likeness (QED) is 0.821. The van der Waals surface area contributed by atoms with Crippen LogP contribution in [0.1, 0.15) is 19.8 Å². The van der Waals surface area contributed by atoms with E-state index in [0.29, 0.717) is 24.4 Å². The maximum Gasteiger partial charge on any atom is 0.331 e. The molecular weight excluding hydrogens is 221 g/mol. The first kappa shape index (κ1) is 11.9. The van der Waals surface area contributed by atoms with Gasteiger partial charge < -0.3 is 10.1 Å². The van der Waals surface area contributed by atoms with Crippen molar-refractivity contribution >= 4 is 11.7 Å². The Morgan fingerprint density at radius 3 is 2.65 bits per heavy atom. The van der Waals surface area contributed by atoms with E-state index >= 15 is 0 Å². The van der Waals surface area contributed by atoms with Crippen LogP contribution < -0.4 is 5.32 Å². The highest BCUT2D eigenvalue weighted by molar-refractivity contribution is 5.85. The van der Waals surface area contributed by atoms with Gasteiger partial charge in [-0.1, -0.05) is 19.1 Å². The van der Waals surface area contributed by atoms with Gasteiger partial charge in [-0.2, -0.15) is 0 Å². The van der Waals surface area contributed by atoms with Crippen molar-refractivity contribution in [2.24, 2.45) is 5.92 Å². The van der Waals surface area contributed by atoms with Crippen molar-refractivity contribution in [1.29, 1.82) is 0 Å². The van der Waals surface area contributed by atoms with Crippen LogP contribution in [0.25, 0.3) is 0 Å². The summed E-state index contributed by atoms with van der Waals surface area (Å²) in [6, 6.07) is 6.35. The van der Waals surface area contributed by atoms with Crippen molar-refractivity contribution in [3.8, 4) is 0 Å². The average molecular weight is 237 g/mol. The standard InChI is InChI=1S/C13H16FNO2/c1-9-7-13(8-9,12(16)17-2)15-11-6-4-3-5-10(11)14/h3-6,9,15H,7-8H2,1-2H3. The summed E-state index contributed by atoms with van der Waals surface area (Å²) in [6.07, 6.45) is 1.35. The molecule has 1 saturated carbocycles. The van der Waals surface area contributed by atoms with Crippen LogP contribution in [-0.2, 0) is 9.53 Å². The number of nitrogens with one attached hydrogen (secondary N) is 1. The van der Waals surface area contributed by atoms with Gasteiger partial charge in [-0.15, -0.1) is 0 Å². The number of para-hydroxylation sites is 1. The van der Waals surface area contributed by atoms with Crippen LogP contribution in [0.15, 0.2) is 24.3 Å². The average Bonchev–Trinajstić information content (AvgIpc) is 2.28. The molecule has 0 radical (unpaired) electrons. The van der Waals surface area contributed by atoms with E-state index in [2.05, 4.69) is 12.2 Å². The fourth-order valence-electron chi connectivity index (χ4n) is 2.47. The molecular formula is C13H16FNO2. The minimum absolute atomic E-state index is 0.321. The number of hydrogen-bond donors (Lipinski definition) is 1. The van der Waals surface area contributed by atoms with Gasteiger partial charge in [-0.05, 0) is 30.9 Å². The number of ether oxygens (including phenoxy) is 1. The lowest BCUT2D eigenvalue weighted by molar-refractivity contribution is -0.150. The normalized spacial score (nSPS) is 27.1. The van der Waals surface area contributed by atoms with Gasteiger partial charge in [-0.3, -0.25) is 0 Å². The molecule has 0 saturated heterocycles. The van der Waals surface area contributed by atoms with E-state index in [1.807, 2.05) is 0 Å². The van der Waals surface area contributed by atoms with E-state index in [1.165, 1.54) is 13.2 Å². The van der Waals surface area contributed by atoms with Crippen LogP contribution in [0, 0.1) is 11.7 Å². The van der Waals surface area contributed by atoms with Crippen LogP contribution in [-0.4, -0.2) is 18.6 Å². The first-order valence-corrected chi connectivity index (χ1v) is 5.68. The molecule has 0 amide bonds. The molecule has 1 aromatic rings. The van der Waals surface area contributed by atoms with Crippen molar-refractivity contribution in [2.75, 3.05) is 12.4 Å². The van der Waals surface area contributed by atoms with E-state index in [1.54, 1.807) is 18.2 Å². The number of halogens is 1. The predicted molar refractivity (Wildman–Crippen MR) is 63.2 cm³/mol. The van der Waals surface area contributed by atoms with Crippen molar-refractivity contribution in [1.82, 2.24) is 0 Å². The topological polar surface area (TPSA) is 38.3 Å². The molecule has 3 nitrogen and oxygen atoms in total. The SMILES string of the molecule is COC(=O)C1(Nc2ccccc2F)CC(C)C1. The highest BCUT2D eigenvalue weighted by Gasteiger charge is 2.49. The number of carbonyl (C=O) groups is 1. The zero-order chi connectivity index (χ0) is 12.5. The highest BCUT2D eigenvalue weighted by Crippen LogP contribution is 2.41. The molecule has 0 aliphatic heterocycles. The molecule has 0 aromatic heterocycles. The zero-order valence-electron chi connectivity index (χ0n) is 10.00. The van der Waals surface area contributed by atoms with E-state index < -0.39 is 5.54 Å². The van der Waals surface area contributed by atoms with Crippen LogP contribution in [0.5, 0.6) is 0 Å². The third-order valence-electron chi connectivity index (χ3n) is 3.22. The van der Waals surface area contributed by atoms with Gasteiger partial charge in [0.05, 0.1) is 12.8 Å². The summed E-state index contributed by atoms with van der Waals surface area (Å²) in [6.45, 7) is 2.06.